The van der Waals surface area contributed by atoms with Crippen molar-refractivity contribution in [2.24, 2.45) is 0 Å². The molecule has 0 saturated carbocycles. The Morgan fingerprint density at radius 1 is 1.43 bits per heavy atom. The van der Waals surface area contributed by atoms with Gasteiger partial charge in [-0.2, -0.15) is 0 Å². The zero-order valence-electron chi connectivity index (χ0n) is 7.34. The molecular weight excluding hydrogens is 190 g/mol. The molecule has 1 aromatic carbocycles. The SMILES string of the molecule is Nc1ccccc1C(=O)NCC(F)F. The van der Waals surface area contributed by atoms with E-state index in [1.165, 1.54) is 12.1 Å². The number of benzene rings is 1. The lowest BCUT2D eigenvalue weighted by molar-refractivity contribution is 0.0892. The number of halogens is 2. The van der Waals surface area contributed by atoms with E-state index in [-0.39, 0.29) is 11.3 Å². The molecule has 0 spiro atoms. The summed E-state index contributed by atoms with van der Waals surface area (Å²) < 4.78 is 23.5. The summed E-state index contributed by atoms with van der Waals surface area (Å²) in [5.74, 6) is -0.580. The van der Waals surface area contributed by atoms with E-state index >= 15 is 0 Å². The van der Waals surface area contributed by atoms with Crippen LogP contribution in [-0.2, 0) is 0 Å². The summed E-state index contributed by atoms with van der Waals surface area (Å²) in [5.41, 5.74) is 5.97. The molecule has 0 aliphatic rings. The van der Waals surface area contributed by atoms with Crippen LogP contribution < -0.4 is 11.1 Å². The minimum absolute atomic E-state index is 0.216. The molecule has 1 amide bonds. The Kier molecular flexibility index (Phi) is 3.39. The van der Waals surface area contributed by atoms with Gasteiger partial charge < -0.3 is 11.1 Å². The van der Waals surface area contributed by atoms with Crippen LogP contribution >= 0.6 is 0 Å². The van der Waals surface area contributed by atoms with Gasteiger partial charge in [0.05, 0.1) is 12.1 Å². The summed E-state index contributed by atoms with van der Waals surface area (Å²) in [5, 5.41) is 2.07. The lowest BCUT2D eigenvalue weighted by Crippen LogP contribution is -2.28. The van der Waals surface area contributed by atoms with Crippen LogP contribution in [0.1, 0.15) is 10.4 Å². The number of nitrogen functional groups attached to an aromatic ring is 1. The smallest absolute Gasteiger partial charge is 0.255 e. The van der Waals surface area contributed by atoms with Crippen molar-refractivity contribution in [3.05, 3.63) is 29.8 Å². The normalized spacial score (nSPS) is 10.2. The standard InChI is InChI=1S/C9H10F2N2O/c10-8(11)5-13-9(14)6-3-1-2-4-7(6)12/h1-4,8H,5,12H2,(H,13,14). The summed E-state index contributed by atoms with van der Waals surface area (Å²) in [7, 11) is 0. The summed E-state index contributed by atoms with van der Waals surface area (Å²) in [4.78, 5) is 11.2. The van der Waals surface area contributed by atoms with Gasteiger partial charge in [-0.3, -0.25) is 4.79 Å². The number of carbonyl (C=O) groups is 1. The average Bonchev–Trinajstić information content (AvgIpc) is 2.15. The molecule has 5 heteroatoms. The van der Waals surface area contributed by atoms with Crippen molar-refractivity contribution in [1.82, 2.24) is 5.32 Å². The molecule has 14 heavy (non-hydrogen) atoms. The molecule has 0 radical (unpaired) electrons. The van der Waals surface area contributed by atoms with E-state index in [2.05, 4.69) is 5.32 Å². The molecule has 0 aliphatic carbocycles. The Hall–Kier alpha value is -1.65. The molecule has 0 saturated heterocycles. The van der Waals surface area contributed by atoms with E-state index in [1.807, 2.05) is 0 Å². The summed E-state index contributed by atoms with van der Waals surface area (Å²) >= 11 is 0. The Bertz CT molecular complexity index is 328. The van der Waals surface area contributed by atoms with Gasteiger partial charge >= 0.3 is 0 Å². The van der Waals surface area contributed by atoms with Crippen molar-refractivity contribution >= 4 is 11.6 Å². The second kappa shape index (κ2) is 4.55. The molecule has 0 heterocycles. The van der Waals surface area contributed by atoms with Crippen LogP contribution in [0.2, 0.25) is 0 Å². The van der Waals surface area contributed by atoms with Crippen molar-refractivity contribution in [1.29, 1.82) is 0 Å². The number of nitrogens with two attached hydrogens (primary N) is 1. The minimum Gasteiger partial charge on any atom is -0.398 e. The van der Waals surface area contributed by atoms with Gasteiger partial charge in [0.15, 0.2) is 0 Å². The number of hydrogen-bond acceptors (Lipinski definition) is 2. The third-order valence-corrected chi connectivity index (χ3v) is 1.62. The Labute approximate surface area is 79.9 Å². The van der Waals surface area contributed by atoms with E-state index in [9.17, 15) is 13.6 Å². The minimum atomic E-state index is -2.55. The van der Waals surface area contributed by atoms with E-state index < -0.39 is 18.9 Å². The number of carbonyl (C=O) groups excluding carboxylic acids is 1. The highest BCUT2D eigenvalue weighted by Gasteiger charge is 2.10. The first kappa shape index (κ1) is 10.4. The molecule has 0 bridgehead atoms. The van der Waals surface area contributed by atoms with Gasteiger partial charge in [0.2, 0.25) is 0 Å². The second-order valence-electron chi connectivity index (χ2n) is 2.69. The van der Waals surface area contributed by atoms with Crippen molar-refractivity contribution in [2.75, 3.05) is 12.3 Å². The van der Waals surface area contributed by atoms with E-state index in [0.717, 1.165) is 0 Å². The molecule has 1 aromatic rings. The first-order valence-electron chi connectivity index (χ1n) is 4.02. The summed E-state index contributed by atoms with van der Waals surface area (Å²) in [6.45, 7) is -0.660. The van der Waals surface area contributed by atoms with Crippen LogP contribution in [0, 0.1) is 0 Å². The number of anilines is 1. The average molecular weight is 200 g/mol. The highest BCUT2D eigenvalue weighted by atomic mass is 19.3. The van der Waals surface area contributed by atoms with Crippen molar-refractivity contribution in [2.45, 2.75) is 6.43 Å². The molecule has 3 nitrogen and oxygen atoms in total. The van der Waals surface area contributed by atoms with E-state index in [4.69, 9.17) is 5.73 Å². The molecular formula is C9H10F2N2O. The zero-order chi connectivity index (χ0) is 10.6. The first-order valence-corrected chi connectivity index (χ1v) is 4.02. The molecule has 0 aliphatic heterocycles. The first-order chi connectivity index (χ1) is 6.61. The fourth-order valence-electron chi connectivity index (χ4n) is 0.969. The monoisotopic (exact) mass is 200 g/mol. The molecule has 0 unspecified atom stereocenters. The van der Waals surface area contributed by atoms with Crippen LogP contribution in [0.5, 0.6) is 0 Å². The van der Waals surface area contributed by atoms with Gasteiger partial charge in [-0.25, -0.2) is 8.78 Å². The van der Waals surface area contributed by atoms with Crippen LogP contribution in [0.3, 0.4) is 0 Å². The predicted molar refractivity (Wildman–Crippen MR) is 49.2 cm³/mol. The summed E-state index contributed by atoms with van der Waals surface area (Å²) in [6.07, 6.45) is -2.55. The van der Waals surface area contributed by atoms with Crippen LogP contribution in [0.4, 0.5) is 14.5 Å². The third-order valence-electron chi connectivity index (χ3n) is 1.62. The number of hydrogen-bond donors (Lipinski definition) is 2. The Balaban J connectivity index is 2.65. The number of rotatable bonds is 3. The maximum absolute atomic E-state index is 11.8. The van der Waals surface area contributed by atoms with Crippen molar-refractivity contribution in [3.63, 3.8) is 0 Å². The van der Waals surface area contributed by atoms with Gasteiger partial charge in [-0.15, -0.1) is 0 Å². The highest BCUT2D eigenvalue weighted by Crippen LogP contribution is 2.09. The van der Waals surface area contributed by atoms with Gasteiger partial charge in [0, 0.05) is 5.69 Å². The fourth-order valence-corrected chi connectivity index (χ4v) is 0.969. The molecule has 1 rings (SSSR count). The maximum atomic E-state index is 11.8. The predicted octanol–water partition coefficient (Wildman–Crippen LogP) is 1.26. The topological polar surface area (TPSA) is 55.1 Å². The molecule has 0 atom stereocenters. The third kappa shape index (κ3) is 2.69. The largest absolute Gasteiger partial charge is 0.398 e. The highest BCUT2D eigenvalue weighted by molar-refractivity contribution is 5.99. The Morgan fingerprint density at radius 3 is 2.64 bits per heavy atom. The number of alkyl halides is 2. The van der Waals surface area contributed by atoms with E-state index in [0.29, 0.717) is 0 Å². The second-order valence-corrected chi connectivity index (χ2v) is 2.69. The van der Waals surface area contributed by atoms with Crippen LogP contribution in [0.15, 0.2) is 24.3 Å². The van der Waals surface area contributed by atoms with Gasteiger partial charge in [0.1, 0.15) is 0 Å². The number of nitrogens with one attached hydrogen (secondary N) is 1. The quantitative estimate of drug-likeness (QED) is 0.722. The van der Waals surface area contributed by atoms with Gasteiger partial charge in [-0.05, 0) is 12.1 Å². The zero-order valence-corrected chi connectivity index (χ0v) is 7.34. The lowest BCUT2D eigenvalue weighted by atomic mass is 10.2. The van der Waals surface area contributed by atoms with Gasteiger partial charge in [-0.1, -0.05) is 12.1 Å². The molecule has 76 valence electrons. The van der Waals surface area contributed by atoms with Crippen LogP contribution in [-0.4, -0.2) is 18.9 Å². The van der Waals surface area contributed by atoms with Crippen molar-refractivity contribution < 1.29 is 13.6 Å². The summed E-state index contributed by atoms with van der Waals surface area (Å²) in [6, 6.07) is 6.31. The Morgan fingerprint density at radius 2 is 2.07 bits per heavy atom. The van der Waals surface area contributed by atoms with E-state index in [1.54, 1.807) is 12.1 Å². The number of para-hydroxylation sites is 1. The lowest BCUT2D eigenvalue weighted by Gasteiger charge is -2.06. The van der Waals surface area contributed by atoms with Crippen LogP contribution in [0.25, 0.3) is 0 Å². The maximum Gasteiger partial charge on any atom is 0.255 e. The van der Waals surface area contributed by atoms with Gasteiger partial charge in [0.25, 0.3) is 12.3 Å². The number of amides is 1. The molecule has 3 N–H and O–H groups in total. The molecule has 0 fully saturated rings. The molecule has 0 aromatic heterocycles. The van der Waals surface area contributed by atoms with Crippen molar-refractivity contribution in [3.8, 4) is 0 Å². The fraction of sp³-hybridized carbons (Fsp3) is 0.222.